The number of carbonyl (C=O) groups is 1. The van der Waals surface area contributed by atoms with Gasteiger partial charge in [0.25, 0.3) is 0 Å². The zero-order valence-corrected chi connectivity index (χ0v) is 22.7. The van der Waals surface area contributed by atoms with Crippen molar-refractivity contribution in [1.82, 2.24) is 19.8 Å². The highest BCUT2D eigenvalue weighted by atomic mass is 32.2. The van der Waals surface area contributed by atoms with Crippen LogP contribution in [0.1, 0.15) is 55.5 Å². The molecule has 8 heteroatoms. The summed E-state index contributed by atoms with van der Waals surface area (Å²) in [4.78, 5) is 10.9. The lowest BCUT2D eigenvalue weighted by Crippen LogP contribution is -2.11. The van der Waals surface area contributed by atoms with Crippen molar-refractivity contribution in [2.24, 2.45) is 5.92 Å². The van der Waals surface area contributed by atoms with Gasteiger partial charge in [-0.15, -0.1) is 10.2 Å². The normalized spacial score (nSPS) is 14.1. The number of hydrogen-bond donors (Lipinski definition) is 1. The fourth-order valence-corrected chi connectivity index (χ4v) is 5.55. The van der Waals surface area contributed by atoms with Crippen molar-refractivity contribution in [2.45, 2.75) is 46.1 Å². The number of hydrogen-bond acceptors (Lipinski definition) is 7. The van der Waals surface area contributed by atoms with Gasteiger partial charge in [0.2, 0.25) is 6.41 Å². The molecular formula is C27H33N5OS2. The van der Waals surface area contributed by atoms with Gasteiger partial charge in [-0.25, -0.2) is 0 Å². The average molecular weight is 508 g/mol. The minimum Gasteiger partial charge on any atom is -0.351 e. The zero-order valence-electron chi connectivity index (χ0n) is 21.0. The molecule has 2 aromatic carbocycles. The Hall–Kier alpha value is -2.73. The van der Waals surface area contributed by atoms with Crippen molar-refractivity contribution in [1.29, 1.82) is 5.26 Å². The summed E-state index contributed by atoms with van der Waals surface area (Å²) in [7, 11) is 3.38. The molecule has 0 spiro atoms. The molecule has 1 aliphatic carbocycles. The van der Waals surface area contributed by atoms with Crippen LogP contribution in [-0.4, -0.2) is 41.4 Å². The van der Waals surface area contributed by atoms with Crippen LogP contribution >= 0.6 is 23.3 Å². The van der Waals surface area contributed by atoms with Gasteiger partial charge < -0.3 is 4.90 Å². The van der Waals surface area contributed by atoms with Crippen molar-refractivity contribution in [3.63, 3.8) is 0 Å². The lowest BCUT2D eigenvalue weighted by Gasteiger charge is -2.13. The number of amides is 1. The molecule has 0 bridgehead atoms. The minimum absolute atomic E-state index is 0.406. The predicted octanol–water partition coefficient (Wildman–Crippen LogP) is 5.89. The van der Waals surface area contributed by atoms with Gasteiger partial charge >= 0.3 is 0 Å². The Morgan fingerprint density at radius 1 is 1.26 bits per heavy atom. The number of carbonyl (C=O) groups excluding carboxylic acids is 1. The molecule has 0 fully saturated rings. The van der Waals surface area contributed by atoms with E-state index in [2.05, 4.69) is 72.1 Å². The molecule has 1 aliphatic rings. The number of nitrogens with one attached hydrogen (secondary N) is 1. The molecule has 1 N–H and O–H groups in total. The van der Waals surface area contributed by atoms with Crippen LogP contribution in [0.4, 0.5) is 0 Å². The third-order valence-electron chi connectivity index (χ3n) is 5.61. The molecule has 1 aromatic heterocycles. The van der Waals surface area contributed by atoms with Crippen LogP contribution < -0.4 is 4.72 Å². The van der Waals surface area contributed by atoms with Gasteiger partial charge in [0, 0.05) is 37.0 Å². The predicted molar refractivity (Wildman–Crippen MR) is 146 cm³/mol. The monoisotopic (exact) mass is 507 g/mol. The maximum absolute atomic E-state index is 9.59. The van der Waals surface area contributed by atoms with Gasteiger partial charge in [-0.3, -0.25) is 9.52 Å². The summed E-state index contributed by atoms with van der Waals surface area (Å²) < 4.78 is 3.58. The standard InChI is InChI=1S/C24H26N4S2.C3H7NO/c1-4-29-28-22-11-10-19-20(22)6-5-7-21(19)24-27-26-23(30-24)17-9-8-16(12-15(2)3)18(13-17)14-25;1-4(2)3-5/h5-9,13,15,22,28H,4,10-12H2,1-3H3;3H,1-2H3. The van der Waals surface area contributed by atoms with E-state index in [4.69, 9.17) is 0 Å². The highest BCUT2D eigenvalue weighted by Crippen LogP contribution is 2.40. The largest absolute Gasteiger partial charge is 0.351 e. The van der Waals surface area contributed by atoms with Crippen molar-refractivity contribution < 1.29 is 4.79 Å². The molecule has 1 atom stereocenters. The second-order valence-electron chi connectivity index (χ2n) is 9.08. The first-order chi connectivity index (χ1) is 16.9. The number of rotatable bonds is 8. The van der Waals surface area contributed by atoms with Gasteiger partial charge in [-0.2, -0.15) is 5.26 Å². The van der Waals surface area contributed by atoms with E-state index in [1.165, 1.54) is 21.6 Å². The number of fused-ring (bicyclic) bond motifs is 1. The maximum Gasteiger partial charge on any atom is 0.209 e. The molecular weight excluding hydrogens is 474 g/mol. The molecule has 0 saturated heterocycles. The first kappa shape index (κ1) is 26.9. The van der Waals surface area contributed by atoms with Gasteiger partial charge in [0.1, 0.15) is 10.0 Å². The van der Waals surface area contributed by atoms with Gasteiger partial charge in [0.15, 0.2) is 0 Å². The van der Waals surface area contributed by atoms with Gasteiger partial charge in [0.05, 0.1) is 11.6 Å². The smallest absolute Gasteiger partial charge is 0.209 e. The molecule has 0 saturated carbocycles. The highest BCUT2D eigenvalue weighted by molar-refractivity contribution is 7.97. The Morgan fingerprint density at radius 3 is 2.66 bits per heavy atom. The topological polar surface area (TPSA) is 81.9 Å². The minimum atomic E-state index is 0.406. The van der Waals surface area contributed by atoms with Crippen molar-refractivity contribution in [3.8, 4) is 27.2 Å². The molecule has 4 rings (SSSR count). The van der Waals surface area contributed by atoms with E-state index in [1.807, 2.05) is 6.07 Å². The SMILES string of the molecule is CCSNC1CCc2c(-c3nnc(-c4ccc(CC(C)C)c(C#N)c4)s3)cccc21.CN(C)C=O. The lowest BCUT2D eigenvalue weighted by molar-refractivity contribution is -0.115. The van der Waals surface area contributed by atoms with Crippen molar-refractivity contribution in [2.75, 3.05) is 19.8 Å². The van der Waals surface area contributed by atoms with E-state index in [0.29, 0.717) is 12.0 Å². The second kappa shape index (κ2) is 12.8. The van der Waals surface area contributed by atoms with Crippen LogP contribution in [-0.2, 0) is 17.6 Å². The number of aromatic nitrogens is 2. The molecule has 6 nitrogen and oxygen atoms in total. The number of nitrogens with zero attached hydrogens (tertiary/aromatic N) is 4. The molecule has 184 valence electrons. The number of benzene rings is 2. The van der Waals surface area contributed by atoms with Crippen molar-refractivity contribution in [3.05, 3.63) is 58.7 Å². The maximum atomic E-state index is 9.59. The second-order valence-corrected chi connectivity index (χ2v) is 11.2. The molecule has 0 radical (unpaired) electrons. The summed E-state index contributed by atoms with van der Waals surface area (Å²) in [5, 5.41) is 20.4. The molecule has 0 aliphatic heterocycles. The van der Waals surface area contributed by atoms with Crippen LogP contribution in [0.2, 0.25) is 0 Å². The summed E-state index contributed by atoms with van der Waals surface area (Å²) in [5.41, 5.74) is 6.77. The highest BCUT2D eigenvalue weighted by Gasteiger charge is 2.26. The summed E-state index contributed by atoms with van der Waals surface area (Å²) in [6.45, 7) is 6.51. The van der Waals surface area contributed by atoms with E-state index < -0.39 is 0 Å². The summed E-state index contributed by atoms with van der Waals surface area (Å²) in [5.74, 6) is 1.58. The third kappa shape index (κ3) is 6.91. The van der Waals surface area contributed by atoms with Crippen LogP contribution in [0, 0.1) is 17.2 Å². The van der Waals surface area contributed by atoms with E-state index in [-0.39, 0.29) is 0 Å². The fraction of sp³-hybridized carbons (Fsp3) is 0.407. The molecule has 1 heterocycles. The fourth-order valence-electron chi connectivity index (χ4n) is 4.04. The van der Waals surface area contributed by atoms with Crippen molar-refractivity contribution >= 4 is 29.7 Å². The quantitative estimate of drug-likeness (QED) is 0.302. The average Bonchev–Trinajstić information content (AvgIpc) is 3.50. The van der Waals surface area contributed by atoms with Gasteiger partial charge in [-0.05, 0) is 47.9 Å². The van der Waals surface area contributed by atoms with E-state index in [9.17, 15) is 10.1 Å². The van der Waals surface area contributed by atoms with E-state index >= 15 is 0 Å². The van der Waals surface area contributed by atoms with Crippen LogP contribution in [0.15, 0.2) is 36.4 Å². The Morgan fingerprint density at radius 2 is 2.00 bits per heavy atom. The van der Waals surface area contributed by atoms with E-state index in [1.54, 1.807) is 37.4 Å². The van der Waals surface area contributed by atoms with Crippen LogP contribution in [0.5, 0.6) is 0 Å². The Balaban J connectivity index is 0.000000623. The zero-order chi connectivity index (χ0) is 25.4. The molecule has 35 heavy (non-hydrogen) atoms. The van der Waals surface area contributed by atoms with Gasteiger partial charge in [-0.1, -0.05) is 74.4 Å². The summed E-state index contributed by atoms with van der Waals surface area (Å²) >= 11 is 3.38. The van der Waals surface area contributed by atoms with Crippen LogP contribution in [0.3, 0.4) is 0 Å². The molecule has 3 aromatic rings. The first-order valence-electron chi connectivity index (χ1n) is 11.9. The Kier molecular flexibility index (Phi) is 9.84. The number of nitriles is 1. The van der Waals surface area contributed by atoms with E-state index in [0.717, 1.165) is 58.1 Å². The molecule has 1 unspecified atom stereocenters. The Bertz CT molecular complexity index is 1180. The Labute approximate surface area is 216 Å². The molecule has 1 amide bonds. The lowest BCUT2D eigenvalue weighted by atomic mass is 9.97. The third-order valence-corrected chi connectivity index (χ3v) is 7.36. The first-order valence-corrected chi connectivity index (χ1v) is 13.7. The van der Waals surface area contributed by atoms with Crippen LogP contribution in [0.25, 0.3) is 21.1 Å². The summed E-state index contributed by atoms with van der Waals surface area (Å²) in [6.07, 6.45) is 3.84. The summed E-state index contributed by atoms with van der Waals surface area (Å²) in [6, 6.07) is 15.4.